The molecule has 1 aromatic carbocycles. The van der Waals surface area contributed by atoms with Crippen molar-refractivity contribution in [1.29, 1.82) is 0 Å². The van der Waals surface area contributed by atoms with Gasteiger partial charge in [0, 0.05) is 30.4 Å². The van der Waals surface area contributed by atoms with Crippen LogP contribution in [0.3, 0.4) is 0 Å². The van der Waals surface area contributed by atoms with E-state index in [1.54, 1.807) is 12.1 Å². The molecule has 0 spiro atoms. The number of hydrogen-bond donors (Lipinski definition) is 1. The molecule has 5 heteroatoms. The number of anilines is 1. The van der Waals surface area contributed by atoms with Crippen LogP contribution in [0.5, 0.6) is 0 Å². The molecule has 3 nitrogen and oxygen atoms in total. The van der Waals surface area contributed by atoms with Crippen molar-refractivity contribution in [3.63, 3.8) is 0 Å². The fraction of sp³-hybridized carbons (Fsp3) is 0.350. The predicted octanol–water partition coefficient (Wildman–Crippen LogP) is 5.24. The molecule has 2 heterocycles. The van der Waals surface area contributed by atoms with Crippen molar-refractivity contribution >= 4 is 29.1 Å². The second-order valence-corrected chi connectivity index (χ2v) is 6.80. The zero-order valence-corrected chi connectivity index (χ0v) is 15.4. The van der Waals surface area contributed by atoms with Gasteiger partial charge in [-0.25, -0.2) is 9.37 Å². The molecule has 1 saturated carbocycles. The van der Waals surface area contributed by atoms with Gasteiger partial charge >= 0.3 is 0 Å². The van der Waals surface area contributed by atoms with Crippen LogP contribution in [0.15, 0.2) is 36.5 Å². The van der Waals surface area contributed by atoms with E-state index in [2.05, 4.69) is 34.8 Å². The molecule has 0 bridgehead atoms. The average Bonchev–Trinajstić information content (AvgIpc) is 3.38. The van der Waals surface area contributed by atoms with Gasteiger partial charge in [-0.2, -0.15) is 0 Å². The molecule has 1 aliphatic carbocycles. The Kier molecular flexibility index (Phi) is 5.00. The van der Waals surface area contributed by atoms with Gasteiger partial charge < -0.3 is 9.88 Å². The normalized spacial score (nSPS) is 13.7. The van der Waals surface area contributed by atoms with Crippen molar-refractivity contribution in [2.75, 3.05) is 5.32 Å². The van der Waals surface area contributed by atoms with Gasteiger partial charge in [-0.1, -0.05) is 12.1 Å². The molecule has 4 rings (SSSR count). The first kappa shape index (κ1) is 17.7. The van der Waals surface area contributed by atoms with Crippen LogP contribution in [0, 0.1) is 25.6 Å². The summed E-state index contributed by atoms with van der Waals surface area (Å²) in [5.41, 5.74) is 4.92. The topological polar surface area (TPSA) is 29.9 Å². The van der Waals surface area contributed by atoms with Crippen molar-refractivity contribution in [2.45, 2.75) is 39.8 Å². The van der Waals surface area contributed by atoms with E-state index in [0.717, 1.165) is 23.8 Å². The van der Waals surface area contributed by atoms with Crippen LogP contribution < -0.4 is 5.32 Å². The van der Waals surface area contributed by atoms with Gasteiger partial charge in [0.1, 0.15) is 11.6 Å². The van der Waals surface area contributed by atoms with Crippen LogP contribution in [-0.4, -0.2) is 9.55 Å². The van der Waals surface area contributed by atoms with Crippen LogP contribution >= 0.6 is 12.4 Å². The first-order chi connectivity index (χ1) is 11.6. The van der Waals surface area contributed by atoms with Gasteiger partial charge in [-0.05, 0) is 61.9 Å². The van der Waals surface area contributed by atoms with Crippen molar-refractivity contribution in [3.05, 3.63) is 59.2 Å². The molecule has 0 unspecified atom stereocenters. The number of aromatic nitrogens is 2. The lowest BCUT2D eigenvalue weighted by atomic mass is 10.1. The van der Waals surface area contributed by atoms with Crippen LogP contribution in [0.2, 0.25) is 0 Å². The van der Waals surface area contributed by atoms with Gasteiger partial charge in [-0.15, -0.1) is 12.4 Å². The standard InChI is InChI=1S/C20H22FN3.ClH/c1-13-14(2)24(12-16-3-4-16)18-9-10-22-20(19(13)18)23-11-15-5-7-17(21)8-6-15;/h5-10,16H,3-4,11-12H2,1-2H3,(H,22,23);1H. The molecule has 0 radical (unpaired) electrons. The maximum absolute atomic E-state index is 13.0. The quantitative estimate of drug-likeness (QED) is 0.675. The van der Waals surface area contributed by atoms with E-state index in [9.17, 15) is 4.39 Å². The third-order valence-electron chi connectivity index (χ3n) is 5.05. The monoisotopic (exact) mass is 359 g/mol. The molecule has 132 valence electrons. The van der Waals surface area contributed by atoms with Crippen LogP contribution in [0.25, 0.3) is 10.9 Å². The molecule has 0 atom stereocenters. The molecule has 1 fully saturated rings. The number of nitrogens with one attached hydrogen (secondary N) is 1. The Morgan fingerprint density at radius 2 is 1.88 bits per heavy atom. The van der Waals surface area contributed by atoms with E-state index >= 15 is 0 Å². The Morgan fingerprint density at radius 1 is 1.16 bits per heavy atom. The third kappa shape index (κ3) is 3.49. The van der Waals surface area contributed by atoms with Crippen molar-refractivity contribution in [1.82, 2.24) is 9.55 Å². The number of benzene rings is 1. The maximum atomic E-state index is 13.0. The number of aryl methyl sites for hydroxylation is 1. The first-order valence-electron chi connectivity index (χ1n) is 8.56. The number of rotatable bonds is 5. The molecule has 0 saturated heterocycles. The molecule has 0 aliphatic heterocycles. The minimum atomic E-state index is -0.206. The molecule has 2 aromatic heterocycles. The summed E-state index contributed by atoms with van der Waals surface area (Å²) in [6.07, 6.45) is 4.56. The summed E-state index contributed by atoms with van der Waals surface area (Å²) < 4.78 is 15.5. The summed E-state index contributed by atoms with van der Waals surface area (Å²) in [5, 5.41) is 4.63. The van der Waals surface area contributed by atoms with E-state index in [-0.39, 0.29) is 18.2 Å². The average molecular weight is 360 g/mol. The van der Waals surface area contributed by atoms with Crippen molar-refractivity contribution in [2.24, 2.45) is 5.92 Å². The Labute approximate surface area is 153 Å². The van der Waals surface area contributed by atoms with E-state index in [1.165, 1.54) is 47.1 Å². The lowest BCUT2D eigenvalue weighted by Crippen LogP contribution is -2.03. The molecule has 0 amide bonds. The SMILES string of the molecule is Cc1c(C)n(CC2CC2)c2ccnc(NCc3ccc(F)cc3)c12.Cl. The fourth-order valence-electron chi connectivity index (χ4n) is 3.33. The number of pyridine rings is 1. The number of fused-ring (bicyclic) bond motifs is 1. The Morgan fingerprint density at radius 3 is 2.56 bits per heavy atom. The molecular formula is C20H23ClFN3. The highest BCUT2D eigenvalue weighted by Gasteiger charge is 2.24. The largest absolute Gasteiger partial charge is 0.365 e. The highest BCUT2D eigenvalue weighted by atomic mass is 35.5. The van der Waals surface area contributed by atoms with Gasteiger partial charge in [0.25, 0.3) is 0 Å². The van der Waals surface area contributed by atoms with Crippen molar-refractivity contribution in [3.8, 4) is 0 Å². The Bertz CT molecular complexity index is 882. The van der Waals surface area contributed by atoms with E-state index in [4.69, 9.17) is 0 Å². The zero-order valence-electron chi connectivity index (χ0n) is 14.6. The summed E-state index contributed by atoms with van der Waals surface area (Å²) in [5.74, 6) is 1.54. The Balaban J connectivity index is 0.00000182. The van der Waals surface area contributed by atoms with Gasteiger partial charge in [0.15, 0.2) is 0 Å². The first-order valence-corrected chi connectivity index (χ1v) is 8.56. The Hall–Kier alpha value is -2.07. The van der Waals surface area contributed by atoms with Crippen LogP contribution in [0.4, 0.5) is 10.2 Å². The number of nitrogens with zero attached hydrogens (tertiary/aromatic N) is 2. The molecule has 3 aromatic rings. The molecular weight excluding hydrogens is 337 g/mol. The smallest absolute Gasteiger partial charge is 0.135 e. The molecule has 25 heavy (non-hydrogen) atoms. The second kappa shape index (κ2) is 7.04. The number of halogens is 2. The summed E-state index contributed by atoms with van der Waals surface area (Å²) in [7, 11) is 0. The molecule has 1 aliphatic rings. The van der Waals surface area contributed by atoms with Crippen LogP contribution in [-0.2, 0) is 13.1 Å². The third-order valence-corrected chi connectivity index (χ3v) is 5.05. The van der Waals surface area contributed by atoms with Crippen molar-refractivity contribution < 1.29 is 4.39 Å². The predicted molar refractivity (Wildman–Crippen MR) is 103 cm³/mol. The number of hydrogen-bond acceptors (Lipinski definition) is 2. The lowest BCUT2D eigenvalue weighted by Gasteiger charge is -2.09. The van der Waals surface area contributed by atoms with E-state index in [0.29, 0.717) is 6.54 Å². The second-order valence-electron chi connectivity index (χ2n) is 6.80. The van der Waals surface area contributed by atoms with Gasteiger partial charge in [0.2, 0.25) is 0 Å². The summed E-state index contributed by atoms with van der Waals surface area (Å²) >= 11 is 0. The lowest BCUT2D eigenvalue weighted by molar-refractivity contribution is 0.627. The summed E-state index contributed by atoms with van der Waals surface area (Å²) in [6, 6.07) is 8.71. The maximum Gasteiger partial charge on any atom is 0.135 e. The fourth-order valence-corrected chi connectivity index (χ4v) is 3.33. The zero-order chi connectivity index (χ0) is 16.7. The highest BCUT2D eigenvalue weighted by Crippen LogP contribution is 2.36. The minimum absolute atomic E-state index is 0. The van der Waals surface area contributed by atoms with E-state index in [1.807, 2.05) is 6.20 Å². The minimum Gasteiger partial charge on any atom is -0.365 e. The molecule has 1 N–H and O–H groups in total. The van der Waals surface area contributed by atoms with Gasteiger partial charge in [-0.3, -0.25) is 0 Å². The summed E-state index contributed by atoms with van der Waals surface area (Å²) in [6.45, 7) is 6.11. The van der Waals surface area contributed by atoms with E-state index < -0.39 is 0 Å². The highest BCUT2D eigenvalue weighted by molar-refractivity contribution is 5.94. The van der Waals surface area contributed by atoms with Gasteiger partial charge in [0.05, 0.1) is 5.52 Å². The summed E-state index contributed by atoms with van der Waals surface area (Å²) in [4.78, 5) is 4.55. The van der Waals surface area contributed by atoms with Crippen LogP contribution in [0.1, 0.15) is 29.7 Å².